The van der Waals surface area contributed by atoms with E-state index in [0.717, 1.165) is 10.8 Å². The Morgan fingerprint density at radius 3 is 2.52 bits per heavy atom. The van der Waals surface area contributed by atoms with Crippen LogP contribution in [-0.4, -0.2) is 65.4 Å². The van der Waals surface area contributed by atoms with Gasteiger partial charge in [0.2, 0.25) is 5.91 Å². The summed E-state index contributed by atoms with van der Waals surface area (Å²) < 4.78 is 5.74. The third kappa shape index (κ3) is 6.27. The lowest BCUT2D eigenvalue weighted by Crippen LogP contribution is -2.51. The van der Waals surface area contributed by atoms with Crippen LogP contribution >= 0.6 is 11.3 Å². The molecule has 1 fully saturated rings. The third-order valence-electron chi connectivity index (χ3n) is 4.63. The Balaban J connectivity index is 1.46. The summed E-state index contributed by atoms with van der Waals surface area (Å²) in [7, 11) is 0. The summed E-state index contributed by atoms with van der Waals surface area (Å²) in [6.07, 6.45) is 0. The second kappa shape index (κ2) is 9.84. The first-order chi connectivity index (χ1) is 13.9. The number of piperazine rings is 1. The Hall–Kier alpha value is -2.45. The minimum absolute atomic E-state index is 0.0255. The van der Waals surface area contributed by atoms with Gasteiger partial charge in [0.25, 0.3) is 5.91 Å². The number of carbonyl (C=O) groups excluding carboxylic acids is 2. The number of aryl methyl sites for hydroxylation is 1. The van der Waals surface area contributed by atoms with Crippen molar-refractivity contribution in [1.29, 1.82) is 0 Å². The summed E-state index contributed by atoms with van der Waals surface area (Å²) in [5, 5.41) is 5.46. The Bertz CT molecular complexity index is 827. The van der Waals surface area contributed by atoms with Crippen LogP contribution in [0.15, 0.2) is 29.6 Å². The SMILES string of the molecule is Cc1ccc(OCc2nc(C(=O)N3CCN(CC(=O)NC(C)C)CC3)cs2)cc1. The molecule has 0 bridgehead atoms. The molecule has 0 atom stereocenters. The molecule has 2 aromatic rings. The maximum Gasteiger partial charge on any atom is 0.273 e. The number of carbonyl (C=O) groups is 2. The average molecular weight is 417 g/mol. The molecule has 1 aliphatic heterocycles. The van der Waals surface area contributed by atoms with Gasteiger partial charge in [0.05, 0.1) is 6.54 Å². The summed E-state index contributed by atoms with van der Waals surface area (Å²) in [6.45, 7) is 9.21. The predicted molar refractivity (Wildman–Crippen MR) is 113 cm³/mol. The van der Waals surface area contributed by atoms with Crippen LogP contribution in [0.25, 0.3) is 0 Å². The molecular formula is C21H28N4O3S. The summed E-state index contributed by atoms with van der Waals surface area (Å²) in [6, 6.07) is 7.99. The molecule has 0 radical (unpaired) electrons. The Morgan fingerprint density at radius 1 is 1.17 bits per heavy atom. The van der Waals surface area contributed by atoms with E-state index in [1.807, 2.05) is 45.0 Å². The molecule has 1 N–H and O–H groups in total. The van der Waals surface area contributed by atoms with Crippen molar-refractivity contribution in [1.82, 2.24) is 20.1 Å². The van der Waals surface area contributed by atoms with E-state index in [2.05, 4.69) is 15.2 Å². The van der Waals surface area contributed by atoms with Gasteiger partial charge in [-0.15, -0.1) is 11.3 Å². The number of aromatic nitrogens is 1. The molecule has 156 valence electrons. The van der Waals surface area contributed by atoms with E-state index < -0.39 is 0 Å². The van der Waals surface area contributed by atoms with Crippen LogP contribution in [-0.2, 0) is 11.4 Å². The Labute approximate surface area is 175 Å². The number of thiazole rings is 1. The molecule has 1 saturated heterocycles. The lowest BCUT2D eigenvalue weighted by atomic mass is 10.2. The maximum atomic E-state index is 12.7. The smallest absolute Gasteiger partial charge is 0.273 e. The summed E-state index contributed by atoms with van der Waals surface area (Å²) in [4.78, 5) is 32.9. The van der Waals surface area contributed by atoms with E-state index in [9.17, 15) is 9.59 Å². The number of benzene rings is 1. The topological polar surface area (TPSA) is 74.8 Å². The molecule has 3 rings (SSSR count). The number of ether oxygens (including phenoxy) is 1. The van der Waals surface area contributed by atoms with Crippen LogP contribution in [0, 0.1) is 6.92 Å². The molecule has 0 aliphatic carbocycles. The number of hydrogen-bond donors (Lipinski definition) is 1. The van der Waals surface area contributed by atoms with Crippen molar-refractivity contribution in [2.45, 2.75) is 33.4 Å². The fraction of sp³-hybridized carbons (Fsp3) is 0.476. The molecular weight excluding hydrogens is 388 g/mol. The van der Waals surface area contributed by atoms with Crippen LogP contribution in [0.5, 0.6) is 5.75 Å². The van der Waals surface area contributed by atoms with Gasteiger partial charge in [-0.1, -0.05) is 17.7 Å². The highest BCUT2D eigenvalue weighted by molar-refractivity contribution is 7.09. The van der Waals surface area contributed by atoms with Crippen molar-refractivity contribution in [2.24, 2.45) is 0 Å². The zero-order valence-electron chi connectivity index (χ0n) is 17.2. The molecule has 2 amide bonds. The molecule has 0 spiro atoms. The fourth-order valence-corrected chi connectivity index (χ4v) is 3.78. The molecule has 1 aliphatic rings. The number of hydrogen-bond acceptors (Lipinski definition) is 6. The van der Waals surface area contributed by atoms with E-state index in [1.165, 1.54) is 16.9 Å². The van der Waals surface area contributed by atoms with Crippen molar-refractivity contribution in [3.63, 3.8) is 0 Å². The Kier molecular flexibility index (Phi) is 7.22. The van der Waals surface area contributed by atoms with Crippen LogP contribution in [0.1, 0.15) is 34.9 Å². The van der Waals surface area contributed by atoms with Gasteiger partial charge in [-0.05, 0) is 32.9 Å². The molecule has 8 heteroatoms. The third-order valence-corrected chi connectivity index (χ3v) is 5.45. The summed E-state index contributed by atoms with van der Waals surface area (Å²) in [5.41, 5.74) is 1.64. The van der Waals surface area contributed by atoms with Gasteiger partial charge < -0.3 is 15.0 Å². The van der Waals surface area contributed by atoms with Crippen molar-refractivity contribution in [3.8, 4) is 5.75 Å². The molecule has 7 nitrogen and oxygen atoms in total. The molecule has 0 unspecified atom stereocenters. The van der Waals surface area contributed by atoms with Crippen molar-refractivity contribution >= 4 is 23.2 Å². The first-order valence-electron chi connectivity index (χ1n) is 9.85. The van der Waals surface area contributed by atoms with Crippen molar-refractivity contribution < 1.29 is 14.3 Å². The maximum absolute atomic E-state index is 12.7. The van der Waals surface area contributed by atoms with Crippen molar-refractivity contribution in [3.05, 3.63) is 45.9 Å². The number of amides is 2. The van der Waals surface area contributed by atoms with Gasteiger partial charge in [0, 0.05) is 37.6 Å². The molecule has 2 heterocycles. The largest absolute Gasteiger partial charge is 0.486 e. The fourth-order valence-electron chi connectivity index (χ4n) is 3.10. The van der Waals surface area contributed by atoms with Crippen LogP contribution in [0.3, 0.4) is 0 Å². The van der Waals surface area contributed by atoms with Gasteiger partial charge >= 0.3 is 0 Å². The van der Waals surface area contributed by atoms with Crippen LogP contribution in [0.4, 0.5) is 0 Å². The first-order valence-corrected chi connectivity index (χ1v) is 10.7. The predicted octanol–water partition coefficient (Wildman–Crippen LogP) is 2.31. The zero-order chi connectivity index (χ0) is 20.8. The van der Waals surface area contributed by atoms with E-state index in [1.54, 1.807) is 10.3 Å². The first kappa shape index (κ1) is 21.3. The summed E-state index contributed by atoms with van der Waals surface area (Å²) >= 11 is 1.43. The highest BCUT2D eigenvalue weighted by Crippen LogP contribution is 2.17. The summed E-state index contributed by atoms with van der Waals surface area (Å²) in [5.74, 6) is 0.753. The second-order valence-electron chi connectivity index (χ2n) is 7.52. The number of nitrogens with zero attached hydrogens (tertiary/aromatic N) is 3. The van der Waals surface area contributed by atoms with E-state index in [0.29, 0.717) is 45.0 Å². The Morgan fingerprint density at radius 2 is 1.86 bits per heavy atom. The van der Waals surface area contributed by atoms with E-state index >= 15 is 0 Å². The molecule has 29 heavy (non-hydrogen) atoms. The molecule has 1 aromatic carbocycles. The van der Waals surface area contributed by atoms with Gasteiger partial charge in [0.1, 0.15) is 23.1 Å². The zero-order valence-corrected chi connectivity index (χ0v) is 18.0. The van der Waals surface area contributed by atoms with Gasteiger partial charge in [-0.2, -0.15) is 0 Å². The van der Waals surface area contributed by atoms with Crippen molar-refractivity contribution in [2.75, 3.05) is 32.7 Å². The number of nitrogens with one attached hydrogen (secondary N) is 1. The standard InChI is InChI=1S/C21H28N4O3S/c1-15(2)22-19(26)12-24-8-10-25(11-9-24)21(27)18-14-29-20(23-18)13-28-17-6-4-16(3)5-7-17/h4-7,14-15H,8-13H2,1-3H3,(H,22,26). The lowest BCUT2D eigenvalue weighted by Gasteiger charge is -2.34. The van der Waals surface area contributed by atoms with Gasteiger partial charge in [-0.3, -0.25) is 14.5 Å². The van der Waals surface area contributed by atoms with Crippen LogP contribution in [0.2, 0.25) is 0 Å². The minimum Gasteiger partial charge on any atom is -0.486 e. The van der Waals surface area contributed by atoms with E-state index in [4.69, 9.17) is 4.74 Å². The second-order valence-corrected chi connectivity index (χ2v) is 8.46. The quantitative estimate of drug-likeness (QED) is 0.750. The molecule has 0 saturated carbocycles. The lowest BCUT2D eigenvalue weighted by molar-refractivity contribution is -0.123. The monoisotopic (exact) mass is 416 g/mol. The highest BCUT2D eigenvalue weighted by atomic mass is 32.1. The minimum atomic E-state index is -0.0610. The number of rotatable bonds is 7. The van der Waals surface area contributed by atoms with Crippen LogP contribution < -0.4 is 10.1 Å². The highest BCUT2D eigenvalue weighted by Gasteiger charge is 2.25. The van der Waals surface area contributed by atoms with Gasteiger partial charge in [-0.25, -0.2) is 4.98 Å². The normalized spacial score (nSPS) is 14.8. The van der Waals surface area contributed by atoms with Gasteiger partial charge in [0.15, 0.2) is 0 Å². The molecule has 1 aromatic heterocycles. The van der Waals surface area contributed by atoms with E-state index in [-0.39, 0.29) is 17.9 Å². The average Bonchev–Trinajstić information content (AvgIpc) is 3.16.